The minimum Gasteiger partial charge on any atom is -0.381 e. The molecular formula is C12H19N3S. The molecule has 3 nitrogen and oxygen atoms in total. The van der Waals surface area contributed by atoms with Crippen LogP contribution in [0, 0.1) is 5.92 Å². The van der Waals surface area contributed by atoms with Crippen molar-refractivity contribution >= 4 is 17.6 Å². The van der Waals surface area contributed by atoms with Gasteiger partial charge in [0.05, 0.1) is 11.4 Å². The fourth-order valence-electron chi connectivity index (χ4n) is 1.84. The number of aromatic nitrogens is 2. The van der Waals surface area contributed by atoms with Crippen molar-refractivity contribution in [2.45, 2.75) is 44.6 Å². The Bertz CT molecular complexity index is 377. The molecule has 1 aromatic heterocycles. The van der Waals surface area contributed by atoms with Gasteiger partial charge in [-0.1, -0.05) is 13.8 Å². The fourth-order valence-corrected chi connectivity index (χ4v) is 2.70. The van der Waals surface area contributed by atoms with Crippen molar-refractivity contribution in [2.75, 3.05) is 11.5 Å². The zero-order valence-corrected chi connectivity index (χ0v) is 10.8. The Kier molecular flexibility index (Phi) is 3.69. The summed E-state index contributed by atoms with van der Waals surface area (Å²) in [4.78, 5) is 9.15. The number of nitrogen functional groups attached to an aromatic ring is 1. The van der Waals surface area contributed by atoms with Crippen LogP contribution in [0.3, 0.4) is 0 Å². The number of aryl methyl sites for hydroxylation is 2. The highest BCUT2D eigenvalue weighted by Crippen LogP contribution is 2.27. The van der Waals surface area contributed by atoms with Crippen LogP contribution >= 0.6 is 11.8 Å². The lowest BCUT2D eigenvalue weighted by atomic mass is 10.0. The number of anilines is 1. The van der Waals surface area contributed by atoms with Crippen LogP contribution in [0.4, 0.5) is 5.82 Å². The summed E-state index contributed by atoms with van der Waals surface area (Å²) in [6, 6.07) is 0. The third-order valence-corrected chi connectivity index (χ3v) is 4.08. The van der Waals surface area contributed by atoms with Crippen LogP contribution < -0.4 is 5.73 Å². The van der Waals surface area contributed by atoms with Crippen LogP contribution in [0.5, 0.6) is 0 Å². The Morgan fingerprint density at radius 3 is 2.44 bits per heavy atom. The molecule has 2 rings (SSSR count). The van der Waals surface area contributed by atoms with Crippen molar-refractivity contribution in [2.24, 2.45) is 5.92 Å². The van der Waals surface area contributed by atoms with Gasteiger partial charge in [0.2, 0.25) is 0 Å². The van der Waals surface area contributed by atoms with Crippen molar-refractivity contribution in [3.8, 4) is 0 Å². The molecule has 1 heterocycles. The maximum atomic E-state index is 5.94. The van der Waals surface area contributed by atoms with E-state index >= 15 is 0 Å². The van der Waals surface area contributed by atoms with Gasteiger partial charge in [0.1, 0.15) is 5.03 Å². The van der Waals surface area contributed by atoms with Crippen LogP contribution in [-0.2, 0) is 12.8 Å². The number of rotatable bonds is 3. The number of thioether (sulfide) groups is 1. The highest BCUT2D eigenvalue weighted by atomic mass is 32.2. The molecule has 0 fully saturated rings. The number of nitrogens with zero attached hydrogens (tertiary/aromatic N) is 2. The smallest absolute Gasteiger partial charge is 0.156 e. The number of hydrogen-bond donors (Lipinski definition) is 1. The standard InChI is InChI=1S/C12H19N3S/c1-8(2)7-16-12-11(13)14-9-5-3-4-6-10(9)15-12/h8H,3-7H2,1-2H3,(H2,13,14). The zero-order valence-electron chi connectivity index (χ0n) is 9.99. The lowest BCUT2D eigenvalue weighted by molar-refractivity contribution is 0.641. The minimum absolute atomic E-state index is 0.617. The Balaban J connectivity index is 2.18. The first-order valence-corrected chi connectivity index (χ1v) is 6.93. The second-order valence-corrected chi connectivity index (χ2v) is 5.73. The van der Waals surface area contributed by atoms with Crippen LogP contribution in [-0.4, -0.2) is 15.7 Å². The van der Waals surface area contributed by atoms with Crippen molar-refractivity contribution in [1.29, 1.82) is 0 Å². The summed E-state index contributed by atoms with van der Waals surface area (Å²) < 4.78 is 0. The molecule has 0 spiro atoms. The summed E-state index contributed by atoms with van der Waals surface area (Å²) in [6.07, 6.45) is 4.57. The van der Waals surface area contributed by atoms with Gasteiger partial charge in [0, 0.05) is 5.75 Å². The van der Waals surface area contributed by atoms with E-state index in [1.54, 1.807) is 11.8 Å². The lowest BCUT2D eigenvalue weighted by Crippen LogP contribution is -2.11. The van der Waals surface area contributed by atoms with E-state index in [9.17, 15) is 0 Å². The second-order valence-electron chi connectivity index (χ2n) is 4.72. The van der Waals surface area contributed by atoms with Crippen LogP contribution in [0.1, 0.15) is 38.1 Å². The molecule has 0 amide bonds. The minimum atomic E-state index is 0.617. The fraction of sp³-hybridized carbons (Fsp3) is 0.667. The van der Waals surface area contributed by atoms with Gasteiger partial charge >= 0.3 is 0 Å². The molecule has 0 radical (unpaired) electrons. The highest BCUT2D eigenvalue weighted by molar-refractivity contribution is 7.99. The van der Waals surface area contributed by atoms with E-state index in [1.165, 1.54) is 18.5 Å². The quantitative estimate of drug-likeness (QED) is 0.821. The molecule has 0 aromatic carbocycles. The summed E-state index contributed by atoms with van der Waals surface area (Å²) in [5.41, 5.74) is 8.23. The molecule has 0 unspecified atom stereocenters. The number of fused-ring (bicyclic) bond motifs is 1. The van der Waals surface area contributed by atoms with Gasteiger partial charge < -0.3 is 5.73 Å². The summed E-state index contributed by atoms with van der Waals surface area (Å²) >= 11 is 1.73. The van der Waals surface area contributed by atoms with E-state index in [0.717, 1.165) is 29.3 Å². The molecule has 0 saturated heterocycles. The van der Waals surface area contributed by atoms with Gasteiger partial charge in [0.25, 0.3) is 0 Å². The van der Waals surface area contributed by atoms with E-state index < -0.39 is 0 Å². The molecule has 1 aromatic rings. The molecule has 1 aliphatic rings. The normalized spacial score (nSPS) is 15.2. The van der Waals surface area contributed by atoms with Crippen molar-refractivity contribution in [3.05, 3.63) is 11.4 Å². The maximum absolute atomic E-state index is 5.94. The molecule has 2 N–H and O–H groups in total. The average Bonchev–Trinajstić information content (AvgIpc) is 2.26. The van der Waals surface area contributed by atoms with Gasteiger partial charge in [-0.25, -0.2) is 9.97 Å². The van der Waals surface area contributed by atoms with E-state index in [1.807, 2.05) is 0 Å². The van der Waals surface area contributed by atoms with E-state index in [2.05, 4.69) is 23.8 Å². The van der Waals surface area contributed by atoms with E-state index in [0.29, 0.717) is 11.7 Å². The lowest BCUT2D eigenvalue weighted by Gasteiger charge is -2.16. The Hall–Kier alpha value is -0.770. The molecule has 0 atom stereocenters. The number of hydrogen-bond acceptors (Lipinski definition) is 4. The second kappa shape index (κ2) is 5.04. The molecular weight excluding hydrogens is 218 g/mol. The van der Waals surface area contributed by atoms with Crippen molar-refractivity contribution in [3.63, 3.8) is 0 Å². The van der Waals surface area contributed by atoms with Gasteiger partial charge in [-0.15, -0.1) is 11.8 Å². The first-order chi connectivity index (χ1) is 7.66. The predicted octanol–water partition coefficient (Wildman–Crippen LogP) is 2.69. The maximum Gasteiger partial charge on any atom is 0.156 e. The third-order valence-electron chi connectivity index (χ3n) is 2.67. The van der Waals surface area contributed by atoms with Gasteiger partial charge in [-0.05, 0) is 31.6 Å². The third kappa shape index (κ3) is 2.67. The largest absolute Gasteiger partial charge is 0.381 e. The summed E-state index contributed by atoms with van der Waals surface area (Å²) in [5.74, 6) is 2.33. The predicted molar refractivity (Wildman–Crippen MR) is 68.6 cm³/mol. The first kappa shape index (κ1) is 11.7. The molecule has 88 valence electrons. The Morgan fingerprint density at radius 1 is 1.19 bits per heavy atom. The molecule has 0 aliphatic heterocycles. The Labute approximate surface area is 101 Å². The zero-order chi connectivity index (χ0) is 11.5. The molecule has 1 aliphatic carbocycles. The number of nitrogens with two attached hydrogens (primary N) is 1. The SMILES string of the molecule is CC(C)CSc1nc2c(nc1N)CCCC2. The molecule has 4 heteroatoms. The van der Waals surface area contributed by atoms with Crippen LogP contribution in [0.15, 0.2) is 5.03 Å². The molecule has 16 heavy (non-hydrogen) atoms. The van der Waals surface area contributed by atoms with Crippen molar-refractivity contribution in [1.82, 2.24) is 9.97 Å². The monoisotopic (exact) mass is 237 g/mol. The first-order valence-electron chi connectivity index (χ1n) is 5.95. The average molecular weight is 237 g/mol. The van der Waals surface area contributed by atoms with E-state index in [4.69, 9.17) is 5.73 Å². The topological polar surface area (TPSA) is 51.8 Å². The van der Waals surface area contributed by atoms with E-state index in [-0.39, 0.29) is 0 Å². The van der Waals surface area contributed by atoms with Gasteiger partial charge in [0.15, 0.2) is 5.82 Å². The van der Waals surface area contributed by atoms with Crippen LogP contribution in [0.2, 0.25) is 0 Å². The summed E-state index contributed by atoms with van der Waals surface area (Å²) in [7, 11) is 0. The Morgan fingerprint density at radius 2 is 1.81 bits per heavy atom. The molecule has 0 saturated carbocycles. The van der Waals surface area contributed by atoms with Gasteiger partial charge in [-0.2, -0.15) is 0 Å². The van der Waals surface area contributed by atoms with Crippen LogP contribution in [0.25, 0.3) is 0 Å². The highest BCUT2D eigenvalue weighted by Gasteiger charge is 2.15. The van der Waals surface area contributed by atoms with Crippen molar-refractivity contribution < 1.29 is 0 Å². The van der Waals surface area contributed by atoms with Gasteiger partial charge in [-0.3, -0.25) is 0 Å². The summed E-state index contributed by atoms with van der Waals surface area (Å²) in [6.45, 7) is 4.41. The summed E-state index contributed by atoms with van der Waals surface area (Å²) in [5, 5.41) is 0.925. The molecule has 0 bridgehead atoms.